The number of rotatable bonds is 7. The second kappa shape index (κ2) is 7.28. The zero-order chi connectivity index (χ0) is 15.3. The van der Waals surface area contributed by atoms with Gasteiger partial charge in [-0.2, -0.15) is 0 Å². The molecule has 0 radical (unpaired) electrons. The number of benzene rings is 1. The van der Waals surface area contributed by atoms with Gasteiger partial charge in [0.1, 0.15) is 5.75 Å². The molecule has 0 amide bonds. The molecule has 0 bridgehead atoms. The van der Waals surface area contributed by atoms with Gasteiger partial charge in [-0.3, -0.25) is 0 Å². The van der Waals surface area contributed by atoms with Crippen LogP contribution in [0.5, 0.6) is 5.75 Å². The lowest BCUT2D eigenvalue weighted by Crippen LogP contribution is -2.27. The maximum Gasteiger partial charge on any atom is 0.119 e. The Morgan fingerprint density at radius 2 is 2.19 bits per heavy atom. The quantitative estimate of drug-likeness (QED) is 0.756. The van der Waals surface area contributed by atoms with Crippen LogP contribution in [-0.2, 0) is 6.42 Å². The van der Waals surface area contributed by atoms with Crippen molar-refractivity contribution in [2.24, 2.45) is 5.41 Å². The van der Waals surface area contributed by atoms with E-state index >= 15 is 0 Å². The molecule has 0 fully saturated rings. The Balaban J connectivity index is 1.89. The number of nitrogens with one attached hydrogen (secondary N) is 1. The molecule has 3 nitrogen and oxygen atoms in total. The van der Waals surface area contributed by atoms with Gasteiger partial charge in [-0.05, 0) is 67.3 Å². The van der Waals surface area contributed by atoms with Crippen molar-refractivity contribution in [3.8, 4) is 5.75 Å². The van der Waals surface area contributed by atoms with Crippen molar-refractivity contribution in [1.29, 1.82) is 0 Å². The van der Waals surface area contributed by atoms with E-state index in [1.165, 1.54) is 24.0 Å². The summed E-state index contributed by atoms with van der Waals surface area (Å²) in [6.07, 6.45) is 5.76. The van der Waals surface area contributed by atoms with E-state index in [0.717, 1.165) is 31.6 Å². The van der Waals surface area contributed by atoms with Crippen LogP contribution in [0, 0.1) is 5.41 Å². The fourth-order valence-electron chi connectivity index (χ4n) is 3.05. The molecule has 0 aliphatic heterocycles. The van der Waals surface area contributed by atoms with Crippen molar-refractivity contribution in [3.05, 3.63) is 29.3 Å². The lowest BCUT2D eigenvalue weighted by atomic mass is 9.86. The van der Waals surface area contributed by atoms with E-state index in [4.69, 9.17) is 4.74 Å². The molecule has 1 unspecified atom stereocenters. The lowest BCUT2D eigenvalue weighted by molar-refractivity contribution is 0.147. The van der Waals surface area contributed by atoms with Crippen molar-refractivity contribution < 1.29 is 9.84 Å². The Morgan fingerprint density at radius 1 is 1.38 bits per heavy atom. The summed E-state index contributed by atoms with van der Waals surface area (Å²) < 4.78 is 5.32. The predicted molar refractivity (Wildman–Crippen MR) is 86.8 cm³/mol. The molecule has 1 atom stereocenters. The molecular formula is C18H29NO2. The lowest BCUT2D eigenvalue weighted by Gasteiger charge is -2.28. The SMILES string of the molecule is COc1ccc2c(c1)CCCC2NCCCC(C)(C)CO. The second-order valence-electron chi connectivity index (χ2n) is 6.89. The fraction of sp³-hybridized carbons (Fsp3) is 0.667. The molecule has 1 aromatic rings. The normalized spacial score (nSPS) is 18.4. The van der Waals surface area contributed by atoms with Gasteiger partial charge in [0.15, 0.2) is 0 Å². The number of hydrogen-bond donors (Lipinski definition) is 2. The Hall–Kier alpha value is -1.06. The number of fused-ring (bicyclic) bond motifs is 1. The van der Waals surface area contributed by atoms with Crippen LogP contribution in [-0.4, -0.2) is 25.4 Å². The van der Waals surface area contributed by atoms with Gasteiger partial charge in [-0.1, -0.05) is 19.9 Å². The van der Waals surface area contributed by atoms with Crippen LogP contribution >= 0.6 is 0 Å². The molecular weight excluding hydrogens is 262 g/mol. The summed E-state index contributed by atoms with van der Waals surface area (Å²) in [4.78, 5) is 0. The van der Waals surface area contributed by atoms with Crippen LogP contribution in [0.25, 0.3) is 0 Å². The number of hydrogen-bond acceptors (Lipinski definition) is 3. The topological polar surface area (TPSA) is 41.5 Å². The van der Waals surface area contributed by atoms with Crippen molar-refractivity contribution >= 4 is 0 Å². The van der Waals surface area contributed by atoms with Crippen molar-refractivity contribution in [2.45, 2.75) is 52.0 Å². The minimum atomic E-state index is 0.0412. The highest BCUT2D eigenvalue weighted by Crippen LogP contribution is 2.32. The number of methoxy groups -OCH3 is 1. The van der Waals surface area contributed by atoms with Crippen LogP contribution < -0.4 is 10.1 Å². The van der Waals surface area contributed by atoms with Gasteiger partial charge >= 0.3 is 0 Å². The van der Waals surface area contributed by atoms with Gasteiger partial charge in [0.25, 0.3) is 0 Å². The van der Waals surface area contributed by atoms with Gasteiger partial charge in [0, 0.05) is 12.6 Å². The van der Waals surface area contributed by atoms with E-state index in [9.17, 15) is 5.11 Å². The minimum Gasteiger partial charge on any atom is -0.497 e. The Morgan fingerprint density at radius 3 is 2.90 bits per heavy atom. The van der Waals surface area contributed by atoms with Gasteiger partial charge in [-0.25, -0.2) is 0 Å². The zero-order valence-electron chi connectivity index (χ0n) is 13.6. The highest BCUT2D eigenvalue weighted by atomic mass is 16.5. The van der Waals surface area contributed by atoms with Crippen LogP contribution in [0.3, 0.4) is 0 Å². The van der Waals surface area contributed by atoms with Gasteiger partial charge < -0.3 is 15.2 Å². The standard InChI is InChI=1S/C18H29NO2/c1-18(2,13-20)10-5-11-19-17-7-4-6-14-12-15(21-3)8-9-16(14)17/h8-9,12,17,19-20H,4-7,10-11,13H2,1-3H3. The van der Waals surface area contributed by atoms with Gasteiger partial charge in [0.05, 0.1) is 7.11 Å². The molecule has 3 heteroatoms. The molecule has 0 aromatic heterocycles. The zero-order valence-corrected chi connectivity index (χ0v) is 13.6. The summed E-state index contributed by atoms with van der Waals surface area (Å²) in [5, 5.41) is 13.0. The third kappa shape index (κ3) is 4.45. The summed E-state index contributed by atoms with van der Waals surface area (Å²) in [5.41, 5.74) is 2.90. The third-order valence-electron chi connectivity index (χ3n) is 4.51. The summed E-state index contributed by atoms with van der Waals surface area (Å²) in [7, 11) is 1.73. The van der Waals surface area contributed by atoms with E-state index < -0.39 is 0 Å². The van der Waals surface area contributed by atoms with Crippen molar-refractivity contribution in [1.82, 2.24) is 5.32 Å². The first kappa shape index (κ1) is 16.3. The van der Waals surface area contributed by atoms with Crippen molar-refractivity contribution in [2.75, 3.05) is 20.3 Å². The molecule has 2 rings (SSSR count). The molecule has 0 spiro atoms. The number of aliphatic hydroxyl groups is 1. The van der Waals surface area contributed by atoms with E-state index in [2.05, 4.69) is 37.4 Å². The largest absolute Gasteiger partial charge is 0.497 e. The number of aliphatic hydroxyl groups excluding tert-OH is 1. The van der Waals surface area contributed by atoms with Gasteiger partial charge in [-0.15, -0.1) is 0 Å². The molecule has 21 heavy (non-hydrogen) atoms. The van der Waals surface area contributed by atoms with Crippen LogP contribution in [0.4, 0.5) is 0 Å². The number of ether oxygens (including phenoxy) is 1. The van der Waals surface area contributed by atoms with E-state index in [-0.39, 0.29) is 12.0 Å². The first-order valence-electron chi connectivity index (χ1n) is 8.07. The maximum atomic E-state index is 9.29. The monoisotopic (exact) mass is 291 g/mol. The van der Waals surface area contributed by atoms with E-state index in [1.807, 2.05) is 0 Å². The van der Waals surface area contributed by atoms with Gasteiger partial charge in [0.2, 0.25) is 0 Å². The average molecular weight is 291 g/mol. The van der Waals surface area contributed by atoms with E-state index in [1.54, 1.807) is 7.11 Å². The Bertz CT molecular complexity index is 457. The van der Waals surface area contributed by atoms with Crippen molar-refractivity contribution in [3.63, 3.8) is 0 Å². The van der Waals surface area contributed by atoms with Crippen LogP contribution in [0.2, 0.25) is 0 Å². The second-order valence-corrected chi connectivity index (χ2v) is 6.89. The van der Waals surface area contributed by atoms with Crippen LogP contribution in [0.1, 0.15) is 56.7 Å². The number of aryl methyl sites for hydroxylation is 1. The maximum absolute atomic E-state index is 9.29. The highest BCUT2D eigenvalue weighted by molar-refractivity contribution is 5.39. The Kier molecular flexibility index (Phi) is 5.65. The first-order chi connectivity index (χ1) is 10.1. The smallest absolute Gasteiger partial charge is 0.119 e. The predicted octanol–water partition coefficient (Wildman–Crippen LogP) is 3.46. The summed E-state index contributed by atoms with van der Waals surface area (Å²) in [5.74, 6) is 0.957. The molecule has 0 saturated carbocycles. The molecule has 2 N–H and O–H groups in total. The summed E-state index contributed by atoms with van der Waals surface area (Å²) in [6, 6.07) is 6.92. The first-order valence-corrected chi connectivity index (χ1v) is 8.07. The summed E-state index contributed by atoms with van der Waals surface area (Å²) >= 11 is 0. The average Bonchev–Trinajstić information content (AvgIpc) is 2.51. The fourth-order valence-corrected chi connectivity index (χ4v) is 3.05. The molecule has 1 aromatic carbocycles. The molecule has 1 aliphatic rings. The highest BCUT2D eigenvalue weighted by Gasteiger charge is 2.21. The Labute approximate surface area is 128 Å². The third-order valence-corrected chi connectivity index (χ3v) is 4.51. The molecule has 0 saturated heterocycles. The molecule has 118 valence electrons. The van der Waals surface area contributed by atoms with Crippen LogP contribution in [0.15, 0.2) is 18.2 Å². The van der Waals surface area contributed by atoms with E-state index in [0.29, 0.717) is 6.04 Å². The molecule has 0 heterocycles. The molecule has 1 aliphatic carbocycles. The summed E-state index contributed by atoms with van der Waals surface area (Å²) in [6.45, 7) is 5.52. The minimum absolute atomic E-state index is 0.0412.